The second-order valence-corrected chi connectivity index (χ2v) is 13.2. The van der Waals surface area contributed by atoms with Crippen molar-refractivity contribution in [2.24, 2.45) is 7.05 Å². The molecule has 0 radical (unpaired) electrons. The first-order chi connectivity index (χ1) is 23.4. The van der Waals surface area contributed by atoms with E-state index in [0.29, 0.717) is 52.0 Å². The number of esters is 2. The molecule has 49 heavy (non-hydrogen) atoms. The van der Waals surface area contributed by atoms with Gasteiger partial charge in [0.25, 0.3) is 0 Å². The maximum absolute atomic E-state index is 15.8. The fourth-order valence-corrected chi connectivity index (χ4v) is 6.45. The highest BCUT2D eigenvalue weighted by molar-refractivity contribution is 6.01. The van der Waals surface area contributed by atoms with Crippen LogP contribution in [0.15, 0.2) is 60.8 Å². The van der Waals surface area contributed by atoms with E-state index in [1.54, 1.807) is 18.3 Å². The van der Waals surface area contributed by atoms with Gasteiger partial charge in [-0.3, -0.25) is 0 Å². The van der Waals surface area contributed by atoms with Gasteiger partial charge in [0, 0.05) is 46.6 Å². The number of fused-ring (bicyclic) bond motifs is 2. The van der Waals surface area contributed by atoms with Crippen LogP contribution >= 0.6 is 0 Å². The lowest BCUT2D eigenvalue weighted by Crippen LogP contribution is -2.29. The summed E-state index contributed by atoms with van der Waals surface area (Å²) in [5.74, 6) is -1.35. The van der Waals surface area contributed by atoms with E-state index in [4.69, 9.17) is 23.9 Å². The van der Waals surface area contributed by atoms with Crippen molar-refractivity contribution in [3.63, 3.8) is 0 Å². The molecule has 3 aromatic heterocycles. The molecule has 10 heteroatoms. The van der Waals surface area contributed by atoms with Crippen LogP contribution < -0.4 is 4.74 Å². The fraction of sp³-hybridized carbons (Fsp3) is 0.333. The molecule has 9 nitrogen and oxygen atoms in total. The summed E-state index contributed by atoms with van der Waals surface area (Å²) >= 11 is 0. The molecular weight excluding hydrogens is 625 g/mol. The Bertz CT molecular complexity index is 2070. The minimum Gasteiger partial charge on any atom is -0.490 e. The van der Waals surface area contributed by atoms with E-state index in [0.717, 1.165) is 28.8 Å². The van der Waals surface area contributed by atoms with Crippen molar-refractivity contribution in [2.45, 2.75) is 65.8 Å². The topological polar surface area (TPSA) is 102 Å². The van der Waals surface area contributed by atoms with Crippen molar-refractivity contribution in [1.82, 2.24) is 14.5 Å². The lowest BCUT2D eigenvalue weighted by atomic mass is 9.86. The summed E-state index contributed by atoms with van der Waals surface area (Å²) < 4.78 is 40.7. The van der Waals surface area contributed by atoms with Gasteiger partial charge >= 0.3 is 11.9 Å². The van der Waals surface area contributed by atoms with Gasteiger partial charge in [-0.25, -0.2) is 23.9 Å². The Hall–Kier alpha value is -5.09. The number of hydrogen-bond donors (Lipinski definition) is 0. The van der Waals surface area contributed by atoms with E-state index < -0.39 is 29.5 Å². The Kier molecular flexibility index (Phi) is 9.26. The fourth-order valence-electron chi connectivity index (χ4n) is 6.45. The van der Waals surface area contributed by atoms with Crippen LogP contribution in [0.5, 0.6) is 5.75 Å². The van der Waals surface area contributed by atoms with Crippen LogP contribution in [0, 0.1) is 19.7 Å². The van der Waals surface area contributed by atoms with Crippen LogP contribution in [0.2, 0.25) is 0 Å². The van der Waals surface area contributed by atoms with Gasteiger partial charge in [-0.1, -0.05) is 30.3 Å². The van der Waals surface area contributed by atoms with Crippen LogP contribution in [0.25, 0.3) is 33.4 Å². The number of aryl methyl sites for hydroxylation is 2. The number of aromatic nitrogens is 3. The first-order valence-electron chi connectivity index (χ1n) is 16.3. The molecule has 0 unspecified atom stereocenters. The molecule has 5 aromatic rings. The quantitative estimate of drug-likeness (QED) is 0.155. The zero-order valence-electron chi connectivity index (χ0n) is 28.8. The third-order valence-corrected chi connectivity index (χ3v) is 8.74. The van der Waals surface area contributed by atoms with Crippen LogP contribution in [-0.2, 0) is 39.1 Å². The third-order valence-electron chi connectivity index (χ3n) is 8.74. The summed E-state index contributed by atoms with van der Waals surface area (Å²) in [6.07, 6.45) is 1.83. The number of nitrogens with zero attached hydrogens (tertiary/aromatic N) is 3. The van der Waals surface area contributed by atoms with Gasteiger partial charge in [0.05, 0.1) is 25.0 Å². The first kappa shape index (κ1) is 33.8. The molecule has 2 aromatic carbocycles. The Morgan fingerprint density at radius 2 is 1.84 bits per heavy atom. The first-order valence-corrected chi connectivity index (χ1v) is 16.3. The molecule has 1 aliphatic rings. The summed E-state index contributed by atoms with van der Waals surface area (Å²) in [5, 5.41) is 0.675. The van der Waals surface area contributed by atoms with Gasteiger partial charge in [-0.15, -0.1) is 0 Å². The number of ether oxygens (including phenoxy) is 4. The standard InChI is InChI=1S/C39H40FN3O6/c1-22-26-14-11-17-47-34(26)29(40)19-27(22)33-28-20-31(25-15-16-41-30(18-25)37(44)48-21-24-12-9-8-10-13-24)43(6)36(28)42-23(2)32(33)35(38(45)46-7)49-39(3,4)5/h8-10,12-13,15-16,18-20,35H,11,14,17,21H2,1-7H3/t35-/m0/s1. The van der Waals surface area contributed by atoms with Crippen molar-refractivity contribution in [2.75, 3.05) is 13.7 Å². The van der Waals surface area contributed by atoms with Crippen molar-refractivity contribution >= 4 is 23.0 Å². The lowest BCUT2D eigenvalue weighted by molar-refractivity contribution is -0.164. The van der Waals surface area contributed by atoms with Gasteiger partial charge in [-0.2, -0.15) is 0 Å². The smallest absolute Gasteiger partial charge is 0.357 e. The minimum absolute atomic E-state index is 0.120. The molecule has 1 aliphatic heterocycles. The average Bonchev–Trinajstić information content (AvgIpc) is 3.42. The summed E-state index contributed by atoms with van der Waals surface area (Å²) in [6, 6.07) is 16.3. The maximum atomic E-state index is 15.8. The van der Waals surface area contributed by atoms with E-state index in [2.05, 4.69) is 4.98 Å². The molecule has 0 amide bonds. The number of carbonyl (C=O) groups excluding carboxylic acids is 2. The second kappa shape index (κ2) is 13.4. The zero-order valence-corrected chi connectivity index (χ0v) is 28.8. The molecule has 1 atom stereocenters. The number of hydrogen-bond acceptors (Lipinski definition) is 8. The number of benzene rings is 2. The number of pyridine rings is 2. The summed E-state index contributed by atoms with van der Waals surface area (Å²) in [4.78, 5) is 35.8. The molecule has 4 heterocycles. The van der Waals surface area contributed by atoms with Crippen LogP contribution in [0.3, 0.4) is 0 Å². The van der Waals surface area contributed by atoms with E-state index in [1.165, 1.54) is 13.2 Å². The van der Waals surface area contributed by atoms with Gasteiger partial charge < -0.3 is 23.5 Å². The molecular formula is C39H40FN3O6. The van der Waals surface area contributed by atoms with Gasteiger partial charge in [0.2, 0.25) is 0 Å². The van der Waals surface area contributed by atoms with Gasteiger partial charge in [0.1, 0.15) is 17.9 Å². The second-order valence-electron chi connectivity index (χ2n) is 13.2. The molecule has 0 spiro atoms. The maximum Gasteiger partial charge on any atom is 0.357 e. The average molecular weight is 666 g/mol. The van der Waals surface area contributed by atoms with E-state index in [9.17, 15) is 9.59 Å². The third kappa shape index (κ3) is 6.65. The predicted octanol–water partition coefficient (Wildman–Crippen LogP) is 7.77. The highest BCUT2D eigenvalue weighted by Crippen LogP contribution is 2.45. The number of methoxy groups -OCH3 is 1. The molecule has 0 fully saturated rings. The molecule has 6 rings (SSSR count). The predicted molar refractivity (Wildman–Crippen MR) is 184 cm³/mol. The van der Waals surface area contributed by atoms with E-state index >= 15 is 4.39 Å². The number of carbonyl (C=O) groups is 2. The van der Waals surface area contributed by atoms with Crippen LogP contribution in [-0.4, -0.2) is 45.8 Å². The monoisotopic (exact) mass is 665 g/mol. The van der Waals surface area contributed by atoms with Crippen LogP contribution in [0.4, 0.5) is 4.39 Å². The molecule has 0 N–H and O–H groups in total. The Labute approximate surface area is 285 Å². The minimum atomic E-state index is -1.15. The number of halogens is 1. The Balaban J connectivity index is 1.56. The van der Waals surface area contributed by atoms with E-state index in [1.807, 2.05) is 82.6 Å². The Morgan fingerprint density at radius 1 is 1.08 bits per heavy atom. The molecule has 0 saturated heterocycles. The molecule has 254 valence electrons. The van der Waals surface area contributed by atoms with Crippen molar-refractivity contribution in [3.05, 3.63) is 100 Å². The Morgan fingerprint density at radius 3 is 2.55 bits per heavy atom. The summed E-state index contributed by atoms with van der Waals surface area (Å²) in [6.45, 7) is 9.91. The van der Waals surface area contributed by atoms with Crippen molar-refractivity contribution in [3.8, 4) is 28.1 Å². The number of rotatable bonds is 8. The van der Waals surface area contributed by atoms with Crippen LogP contribution in [0.1, 0.15) is 71.7 Å². The summed E-state index contributed by atoms with van der Waals surface area (Å²) in [5.41, 5.74) is 6.21. The normalized spacial score (nSPS) is 13.5. The molecule has 0 saturated carbocycles. The molecule has 0 aliphatic carbocycles. The summed E-state index contributed by atoms with van der Waals surface area (Å²) in [7, 11) is 3.19. The zero-order chi connectivity index (χ0) is 35.0. The van der Waals surface area contributed by atoms with Gasteiger partial charge in [0.15, 0.2) is 17.7 Å². The van der Waals surface area contributed by atoms with Gasteiger partial charge in [-0.05, 0) is 88.4 Å². The highest BCUT2D eigenvalue weighted by atomic mass is 19.1. The van der Waals surface area contributed by atoms with Crippen molar-refractivity contribution < 1.29 is 32.9 Å². The highest BCUT2D eigenvalue weighted by Gasteiger charge is 2.35. The molecule has 0 bridgehead atoms. The lowest BCUT2D eigenvalue weighted by Gasteiger charge is -2.29. The van der Waals surface area contributed by atoms with E-state index in [-0.39, 0.29) is 18.1 Å². The van der Waals surface area contributed by atoms with Crippen molar-refractivity contribution in [1.29, 1.82) is 0 Å². The largest absolute Gasteiger partial charge is 0.490 e. The SMILES string of the molecule is COC(=O)[C@@H](OC(C)(C)C)c1c(C)nc2c(cc(-c3ccnc(C(=O)OCc4ccccc4)c3)n2C)c1-c1cc(F)c2c(c1C)CCCO2.